The number of aromatic nitrogens is 2. The number of carbonyl (C=O) groups excluding carboxylic acids is 1. The molecule has 0 unspecified atom stereocenters. The number of rotatable bonds is 2. The highest BCUT2D eigenvalue weighted by molar-refractivity contribution is 5.69. The number of amides is 1. The number of hydrogen-bond acceptors (Lipinski definition) is 7. The number of nitrogens with zero attached hydrogens (tertiary/aromatic N) is 5. The highest BCUT2D eigenvalue weighted by Gasteiger charge is 2.32. The van der Waals surface area contributed by atoms with Crippen molar-refractivity contribution in [2.75, 3.05) is 31.1 Å². The van der Waals surface area contributed by atoms with Gasteiger partial charge >= 0.3 is 17.3 Å². The highest BCUT2D eigenvalue weighted by Crippen LogP contribution is 2.24. The average molecular weight is 375 g/mol. The second kappa shape index (κ2) is 6.86. The Morgan fingerprint density at radius 3 is 2.48 bits per heavy atom. The van der Waals surface area contributed by atoms with Crippen LogP contribution in [0.3, 0.4) is 0 Å². The number of piperazine rings is 1. The predicted molar refractivity (Wildman–Crippen MR) is 98.1 cm³/mol. The lowest BCUT2D eigenvalue weighted by Gasteiger charge is -2.35. The van der Waals surface area contributed by atoms with E-state index < -0.39 is 27.9 Å². The van der Waals surface area contributed by atoms with E-state index in [1.807, 2.05) is 0 Å². The molecule has 1 aliphatic heterocycles. The predicted octanol–water partition coefficient (Wildman–Crippen LogP) is 1.66. The summed E-state index contributed by atoms with van der Waals surface area (Å²) in [6, 6.07) is 4.93. The van der Waals surface area contributed by atoms with Gasteiger partial charge in [0.25, 0.3) is 0 Å². The number of fused-ring (bicyclic) bond motifs is 1. The first-order valence-corrected chi connectivity index (χ1v) is 8.56. The zero-order chi connectivity index (χ0) is 19.8. The Balaban J connectivity index is 1.87. The van der Waals surface area contributed by atoms with Gasteiger partial charge in [-0.1, -0.05) is 6.07 Å². The molecule has 0 saturated carbocycles. The van der Waals surface area contributed by atoms with Crippen LogP contribution < -0.4 is 10.5 Å². The molecule has 10 heteroatoms. The summed E-state index contributed by atoms with van der Waals surface area (Å²) >= 11 is 0. The van der Waals surface area contributed by atoms with Gasteiger partial charge in [-0.05, 0) is 32.9 Å². The molecule has 0 aromatic carbocycles. The van der Waals surface area contributed by atoms with E-state index in [1.54, 1.807) is 48.8 Å². The third kappa shape index (κ3) is 3.83. The van der Waals surface area contributed by atoms with Gasteiger partial charge in [0.2, 0.25) is 5.82 Å². The van der Waals surface area contributed by atoms with Gasteiger partial charge in [-0.2, -0.15) is 0 Å². The first kappa shape index (κ1) is 18.6. The first-order valence-electron chi connectivity index (χ1n) is 8.56. The van der Waals surface area contributed by atoms with Crippen LogP contribution in [0.1, 0.15) is 20.8 Å². The summed E-state index contributed by atoms with van der Waals surface area (Å²) in [4.78, 5) is 43.0. The van der Waals surface area contributed by atoms with Crippen molar-refractivity contribution >= 4 is 23.2 Å². The van der Waals surface area contributed by atoms with E-state index in [9.17, 15) is 19.7 Å². The van der Waals surface area contributed by atoms with Crippen molar-refractivity contribution in [3.05, 3.63) is 44.9 Å². The second-order valence-corrected chi connectivity index (χ2v) is 7.23. The van der Waals surface area contributed by atoms with Crippen LogP contribution in [-0.4, -0.2) is 57.1 Å². The van der Waals surface area contributed by atoms with Crippen molar-refractivity contribution in [1.29, 1.82) is 0 Å². The molecule has 2 aromatic rings. The first-order chi connectivity index (χ1) is 12.7. The molecular formula is C17H21N5O5. The fourth-order valence-electron chi connectivity index (χ4n) is 2.88. The lowest BCUT2D eigenvalue weighted by molar-refractivity contribution is -0.385. The summed E-state index contributed by atoms with van der Waals surface area (Å²) in [5.74, 6) is 0.0278. The quantitative estimate of drug-likeness (QED) is 0.580. The Morgan fingerprint density at radius 1 is 1.22 bits per heavy atom. The standard InChI is InChI=1S/C17H21N5O5/c1-17(2,3)27-16(24)20-10-8-19(9-11-20)14-13(22(25)26)15(23)21-7-5-4-6-12(21)18-14/h4-7H,8-11H2,1-3H3. The van der Waals surface area contributed by atoms with Crippen LogP contribution in [0, 0.1) is 10.1 Å². The van der Waals surface area contributed by atoms with E-state index in [-0.39, 0.29) is 5.82 Å². The van der Waals surface area contributed by atoms with Crippen LogP contribution in [0.25, 0.3) is 5.65 Å². The fourth-order valence-corrected chi connectivity index (χ4v) is 2.88. The van der Waals surface area contributed by atoms with Crippen molar-refractivity contribution in [3.8, 4) is 0 Å². The number of nitro groups is 1. The van der Waals surface area contributed by atoms with E-state index in [0.29, 0.717) is 31.8 Å². The Morgan fingerprint density at radius 2 is 1.89 bits per heavy atom. The number of carbonyl (C=O) groups is 1. The summed E-state index contributed by atoms with van der Waals surface area (Å²) < 4.78 is 6.50. The molecule has 1 amide bonds. The van der Waals surface area contributed by atoms with Crippen LogP contribution >= 0.6 is 0 Å². The van der Waals surface area contributed by atoms with Crippen LogP contribution in [0.2, 0.25) is 0 Å². The van der Waals surface area contributed by atoms with Crippen LogP contribution in [0.5, 0.6) is 0 Å². The van der Waals surface area contributed by atoms with Crippen LogP contribution in [0.15, 0.2) is 29.2 Å². The van der Waals surface area contributed by atoms with E-state index >= 15 is 0 Å². The van der Waals surface area contributed by atoms with Crippen molar-refractivity contribution in [2.45, 2.75) is 26.4 Å². The average Bonchev–Trinajstić information content (AvgIpc) is 2.60. The fraction of sp³-hybridized carbons (Fsp3) is 0.471. The minimum atomic E-state index is -0.727. The van der Waals surface area contributed by atoms with Gasteiger partial charge in [0.05, 0.1) is 4.92 Å². The van der Waals surface area contributed by atoms with Crippen molar-refractivity contribution in [3.63, 3.8) is 0 Å². The maximum Gasteiger partial charge on any atom is 0.410 e. The summed E-state index contributed by atoms with van der Waals surface area (Å²) in [6.45, 7) is 6.64. The van der Waals surface area contributed by atoms with Gasteiger partial charge < -0.3 is 14.5 Å². The summed E-state index contributed by atoms with van der Waals surface area (Å²) in [5.41, 5.74) is -1.56. The molecule has 0 aliphatic carbocycles. The van der Waals surface area contributed by atoms with E-state index in [2.05, 4.69) is 4.98 Å². The second-order valence-electron chi connectivity index (χ2n) is 7.23. The molecule has 3 rings (SSSR count). The number of ether oxygens (including phenoxy) is 1. The molecule has 27 heavy (non-hydrogen) atoms. The SMILES string of the molecule is CC(C)(C)OC(=O)N1CCN(c2nc3ccccn3c(=O)c2[N+](=O)[O-])CC1. The van der Waals surface area contributed by atoms with Crippen molar-refractivity contribution in [1.82, 2.24) is 14.3 Å². The highest BCUT2D eigenvalue weighted by atomic mass is 16.6. The van der Waals surface area contributed by atoms with Gasteiger partial charge in [0.15, 0.2) is 0 Å². The Bertz CT molecular complexity index is 941. The van der Waals surface area contributed by atoms with Gasteiger partial charge in [0, 0.05) is 32.4 Å². The summed E-state index contributed by atoms with van der Waals surface area (Å²) in [6.07, 6.45) is 1.02. The molecule has 144 valence electrons. The van der Waals surface area contributed by atoms with Gasteiger partial charge in [0.1, 0.15) is 11.2 Å². The molecule has 10 nitrogen and oxygen atoms in total. The molecular weight excluding hydrogens is 354 g/mol. The van der Waals surface area contributed by atoms with Crippen LogP contribution in [-0.2, 0) is 4.74 Å². The number of hydrogen-bond donors (Lipinski definition) is 0. The van der Waals surface area contributed by atoms with Gasteiger partial charge in [-0.3, -0.25) is 19.3 Å². The molecule has 0 spiro atoms. The van der Waals surface area contributed by atoms with Crippen molar-refractivity contribution < 1.29 is 14.5 Å². The van der Waals surface area contributed by atoms with Gasteiger partial charge in [-0.15, -0.1) is 0 Å². The van der Waals surface area contributed by atoms with E-state index in [1.165, 1.54) is 6.20 Å². The molecule has 1 aliphatic rings. The van der Waals surface area contributed by atoms with Gasteiger partial charge in [-0.25, -0.2) is 9.78 Å². The molecule has 0 bridgehead atoms. The monoisotopic (exact) mass is 375 g/mol. The molecule has 0 atom stereocenters. The molecule has 1 fully saturated rings. The summed E-state index contributed by atoms with van der Waals surface area (Å²) in [5, 5.41) is 11.5. The Hall–Kier alpha value is -3.17. The zero-order valence-electron chi connectivity index (χ0n) is 15.4. The molecule has 3 heterocycles. The molecule has 2 aromatic heterocycles. The minimum Gasteiger partial charge on any atom is -0.444 e. The smallest absolute Gasteiger partial charge is 0.410 e. The number of anilines is 1. The van der Waals surface area contributed by atoms with E-state index in [0.717, 1.165) is 4.40 Å². The van der Waals surface area contributed by atoms with Crippen molar-refractivity contribution in [2.24, 2.45) is 0 Å². The maximum atomic E-state index is 12.5. The largest absolute Gasteiger partial charge is 0.444 e. The number of pyridine rings is 1. The maximum absolute atomic E-state index is 12.5. The van der Waals surface area contributed by atoms with Crippen LogP contribution in [0.4, 0.5) is 16.3 Å². The van der Waals surface area contributed by atoms with E-state index in [4.69, 9.17) is 4.74 Å². The minimum absolute atomic E-state index is 0.0278. The Labute approximate surface area is 155 Å². The normalized spacial score (nSPS) is 15.1. The third-order valence-electron chi connectivity index (χ3n) is 4.11. The lowest BCUT2D eigenvalue weighted by Crippen LogP contribution is -2.50. The topological polar surface area (TPSA) is 110 Å². The zero-order valence-corrected chi connectivity index (χ0v) is 15.4. The molecule has 0 radical (unpaired) electrons. The molecule has 1 saturated heterocycles. The molecule has 0 N–H and O–H groups in total. The lowest BCUT2D eigenvalue weighted by atomic mass is 10.2. The Kier molecular flexibility index (Phi) is 4.73. The third-order valence-corrected chi connectivity index (χ3v) is 4.11. The summed E-state index contributed by atoms with van der Waals surface area (Å²) in [7, 11) is 0.